The highest BCUT2D eigenvalue weighted by Crippen LogP contribution is 2.23. The first-order valence-electron chi connectivity index (χ1n) is 5.38. The monoisotopic (exact) mass is 226 g/mol. The molecule has 4 nitrogen and oxygen atoms in total. The SMILES string of the molecule is CN1CCN(c2ncc(CCN)s2)CC1. The van der Waals surface area contributed by atoms with Gasteiger partial charge in [0.05, 0.1) is 0 Å². The van der Waals surface area contributed by atoms with Crippen LogP contribution in [0.25, 0.3) is 0 Å². The number of anilines is 1. The van der Waals surface area contributed by atoms with E-state index in [0.717, 1.165) is 37.7 Å². The third-order valence-electron chi connectivity index (χ3n) is 2.71. The van der Waals surface area contributed by atoms with Crippen LogP contribution in [0.4, 0.5) is 5.13 Å². The average molecular weight is 226 g/mol. The van der Waals surface area contributed by atoms with Gasteiger partial charge < -0.3 is 15.5 Å². The highest BCUT2D eigenvalue weighted by Gasteiger charge is 2.16. The van der Waals surface area contributed by atoms with Crippen molar-refractivity contribution in [3.63, 3.8) is 0 Å². The van der Waals surface area contributed by atoms with Crippen molar-refractivity contribution in [3.8, 4) is 0 Å². The van der Waals surface area contributed by atoms with Gasteiger partial charge in [0.15, 0.2) is 5.13 Å². The fourth-order valence-electron chi connectivity index (χ4n) is 1.70. The number of rotatable bonds is 3. The predicted octanol–water partition coefficient (Wildman–Crippen LogP) is 0.396. The summed E-state index contributed by atoms with van der Waals surface area (Å²) in [6.45, 7) is 5.15. The van der Waals surface area contributed by atoms with E-state index in [-0.39, 0.29) is 0 Å². The third-order valence-corrected chi connectivity index (χ3v) is 3.82. The summed E-state index contributed by atoms with van der Waals surface area (Å²) in [5.41, 5.74) is 5.53. The number of hydrogen-bond donors (Lipinski definition) is 1. The maximum Gasteiger partial charge on any atom is 0.185 e. The summed E-state index contributed by atoms with van der Waals surface area (Å²) >= 11 is 1.78. The Morgan fingerprint density at radius 3 is 2.80 bits per heavy atom. The van der Waals surface area contributed by atoms with E-state index in [1.54, 1.807) is 11.3 Å². The molecule has 1 aromatic heterocycles. The maximum atomic E-state index is 5.53. The van der Waals surface area contributed by atoms with E-state index in [9.17, 15) is 0 Å². The number of nitrogens with zero attached hydrogens (tertiary/aromatic N) is 3. The van der Waals surface area contributed by atoms with Crippen molar-refractivity contribution in [1.29, 1.82) is 0 Å². The topological polar surface area (TPSA) is 45.4 Å². The first kappa shape index (κ1) is 10.9. The lowest BCUT2D eigenvalue weighted by Gasteiger charge is -2.32. The smallest absolute Gasteiger partial charge is 0.185 e. The van der Waals surface area contributed by atoms with Crippen molar-refractivity contribution in [1.82, 2.24) is 9.88 Å². The molecule has 0 atom stereocenters. The van der Waals surface area contributed by atoms with Crippen LogP contribution in [0, 0.1) is 0 Å². The summed E-state index contributed by atoms with van der Waals surface area (Å²) in [7, 11) is 2.17. The van der Waals surface area contributed by atoms with Crippen molar-refractivity contribution in [3.05, 3.63) is 11.1 Å². The fraction of sp³-hybridized carbons (Fsp3) is 0.700. The van der Waals surface area contributed by atoms with Crippen molar-refractivity contribution in [2.45, 2.75) is 6.42 Å². The van der Waals surface area contributed by atoms with E-state index in [4.69, 9.17) is 5.73 Å². The summed E-state index contributed by atoms with van der Waals surface area (Å²) < 4.78 is 0. The highest BCUT2D eigenvalue weighted by molar-refractivity contribution is 7.15. The molecule has 5 heteroatoms. The van der Waals surface area contributed by atoms with Crippen molar-refractivity contribution >= 4 is 16.5 Å². The zero-order chi connectivity index (χ0) is 10.7. The summed E-state index contributed by atoms with van der Waals surface area (Å²) in [5.74, 6) is 0. The molecule has 0 amide bonds. The van der Waals surface area contributed by atoms with Crippen LogP contribution >= 0.6 is 11.3 Å². The number of piperazine rings is 1. The Morgan fingerprint density at radius 2 is 2.13 bits per heavy atom. The molecule has 1 fully saturated rings. The first-order chi connectivity index (χ1) is 7.29. The molecule has 0 spiro atoms. The molecule has 1 saturated heterocycles. The van der Waals surface area contributed by atoms with E-state index in [1.807, 2.05) is 6.20 Å². The van der Waals surface area contributed by atoms with E-state index in [0.29, 0.717) is 6.54 Å². The molecule has 2 heterocycles. The molecular weight excluding hydrogens is 208 g/mol. The lowest BCUT2D eigenvalue weighted by atomic mass is 10.3. The average Bonchev–Trinajstić information content (AvgIpc) is 2.68. The molecule has 0 bridgehead atoms. The Kier molecular flexibility index (Phi) is 3.56. The number of thiazole rings is 1. The summed E-state index contributed by atoms with van der Waals surface area (Å²) in [5, 5.41) is 1.16. The lowest BCUT2D eigenvalue weighted by molar-refractivity contribution is 0.313. The Bertz CT molecular complexity index is 304. The molecule has 15 heavy (non-hydrogen) atoms. The molecule has 0 radical (unpaired) electrons. The van der Waals surface area contributed by atoms with Crippen molar-refractivity contribution in [2.75, 3.05) is 44.7 Å². The lowest BCUT2D eigenvalue weighted by Crippen LogP contribution is -2.44. The number of aromatic nitrogens is 1. The molecule has 0 unspecified atom stereocenters. The van der Waals surface area contributed by atoms with Gasteiger partial charge >= 0.3 is 0 Å². The van der Waals surface area contributed by atoms with Gasteiger partial charge in [0, 0.05) is 37.3 Å². The van der Waals surface area contributed by atoms with E-state index < -0.39 is 0 Å². The minimum atomic E-state index is 0.713. The number of hydrogen-bond acceptors (Lipinski definition) is 5. The molecule has 1 aliphatic rings. The summed E-state index contributed by atoms with van der Waals surface area (Å²) in [6, 6.07) is 0. The van der Waals surface area contributed by atoms with E-state index >= 15 is 0 Å². The maximum absolute atomic E-state index is 5.53. The van der Waals surface area contributed by atoms with E-state index in [2.05, 4.69) is 21.8 Å². The molecular formula is C10H18N4S. The van der Waals surface area contributed by atoms with Gasteiger partial charge in [0.1, 0.15) is 0 Å². The van der Waals surface area contributed by atoms with Gasteiger partial charge in [-0.05, 0) is 20.0 Å². The van der Waals surface area contributed by atoms with Gasteiger partial charge in [0.25, 0.3) is 0 Å². The van der Waals surface area contributed by atoms with Gasteiger partial charge in [-0.25, -0.2) is 4.98 Å². The van der Waals surface area contributed by atoms with Gasteiger partial charge in [-0.15, -0.1) is 11.3 Å². The number of likely N-dealkylation sites (N-methyl/N-ethyl adjacent to an activating group) is 1. The normalized spacial score (nSPS) is 18.4. The van der Waals surface area contributed by atoms with Crippen LogP contribution in [0.1, 0.15) is 4.88 Å². The Morgan fingerprint density at radius 1 is 1.40 bits per heavy atom. The molecule has 0 saturated carbocycles. The Balaban J connectivity index is 1.96. The van der Waals surface area contributed by atoms with Crippen LogP contribution in [0.3, 0.4) is 0 Å². The zero-order valence-corrected chi connectivity index (χ0v) is 9.96. The fourth-order valence-corrected chi connectivity index (χ4v) is 2.68. The molecule has 1 aliphatic heterocycles. The Hall–Kier alpha value is -0.650. The minimum absolute atomic E-state index is 0.713. The zero-order valence-electron chi connectivity index (χ0n) is 9.15. The van der Waals surface area contributed by atoms with Gasteiger partial charge in [0.2, 0.25) is 0 Å². The van der Waals surface area contributed by atoms with E-state index in [1.165, 1.54) is 4.88 Å². The molecule has 0 aromatic carbocycles. The van der Waals surface area contributed by atoms with Crippen LogP contribution in [0.15, 0.2) is 6.20 Å². The summed E-state index contributed by atoms with van der Waals surface area (Å²) in [6.07, 6.45) is 2.91. The predicted molar refractivity (Wildman–Crippen MR) is 64.6 cm³/mol. The third kappa shape index (κ3) is 2.68. The molecule has 2 N–H and O–H groups in total. The summed E-state index contributed by atoms with van der Waals surface area (Å²) in [4.78, 5) is 10.5. The van der Waals surface area contributed by atoms with Crippen LogP contribution in [0.2, 0.25) is 0 Å². The second-order valence-corrected chi connectivity index (χ2v) is 5.03. The number of nitrogens with two attached hydrogens (primary N) is 1. The van der Waals surface area contributed by atoms with Gasteiger partial charge in [-0.3, -0.25) is 0 Å². The van der Waals surface area contributed by atoms with Crippen LogP contribution < -0.4 is 10.6 Å². The van der Waals surface area contributed by atoms with Crippen LogP contribution in [-0.2, 0) is 6.42 Å². The molecule has 0 aliphatic carbocycles. The van der Waals surface area contributed by atoms with Gasteiger partial charge in [-0.2, -0.15) is 0 Å². The van der Waals surface area contributed by atoms with Crippen LogP contribution in [-0.4, -0.2) is 49.7 Å². The first-order valence-corrected chi connectivity index (χ1v) is 6.19. The molecule has 84 valence electrons. The molecule has 2 rings (SSSR count). The quantitative estimate of drug-likeness (QED) is 0.810. The minimum Gasteiger partial charge on any atom is -0.346 e. The second-order valence-electron chi connectivity index (χ2n) is 3.94. The Labute approximate surface area is 94.7 Å². The largest absolute Gasteiger partial charge is 0.346 e. The standard InChI is InChI=1S/C10H18N4S/c1-13-4-6-14(7-5-13)10-12-8-9(15-10)2-3-11/h8H,2-7,11H2,1H3. The van der Waals surface area contributed by atoms with Crippen LogP contribution in [0.5, 0.6) is 0 Å². The van der Waals surface area contributed by atoms with Crippen molar-refractivity contribution in [2.24, 2.45) is 5.73 Å². The van der Waals surface area contributed by atoms with Gasteiger partial charge in [-0.1, -0.05) is 0 Å². The molecule has 1 aromatic rings. The van der Waals surface area contributed by atoms with Crippen molar-refractivity contribution < 1.29 is 0 Å². The second kappa shape index (κ2) is 4.92. The highest BCUT2D eigenvalue weighted by atomic mass is 32.1.